The second kappa shape index (κ2) is 7.31. The molecular weight excluding hydrogens is 391 g/mol. The molecule has 6 nitrogen and oxygen atoms in total. The van der Waals surface area contributed by atoms with Gasteiger partial charge in [0.15, 0.2) is 0 Å². The van der Waals surface area contributed by atoms with Crippen molar-refractivity contribution in [2.75, 3.05) is 14.1 Å². The molecule has 27 heavy (non-hydrogen) atoms. The molecule has 2 aromatic rings. The smallest absolute Gasteiger partial charge is 0.207 e. The van der Waals surface area contributed by atoms with Crippen LogP contribution in [0.15, 0.2) is 58.3 Å². The first-order valence-corrected chi connectivity index (χ1v) is 11.3. The normalized spacial score (nSPS) is 15.4. The molecule has 1 fully saturated rings. The van der Waals surface area contributed by atoms with E-state index in [0.717, 1.165) is 17.1 Å². The minimum atomic E-state index is -3.88. The van der Waals surface area contributed by atoms with Gasteiger partial charge in [-0.1, -0.05) is 18.2 Å². The zero-order chi connectivity index (χ0) is 19.8. The first-order chi connectivity index (χ1) is 12.6. The van der Waals surface area contributed by atoms with Crippen LogP contribution >= 0.6 is 0 Å². The summed E-state index contributed by atoms with van der Waals surface area (Å²) in [4.78, 5) is 0.00183. The lowest BCUT2D eigenvalue weighted by Crippen LogP contribution is -2.33. The molecule has 0 aromatic heterocycles. The van der Waals surface area contributed by atoms with Crippen molar-refractivity contribution in [1.82, 2.24) is 8.61 Å². The van der Waals surface area contributed by atoms with Crippen LogP contribution in [-0.4, -0.2) is 45.6 Å². The van der Waals surface area contributed by atoms with Crippen LogP contribution in [0.4, 0.5) is 4.39 Å². The Balaban J connectivity index is 1.93. The molecule has 146 valence electrons. The number of hydrogen-bond acceptors (Lipinski definition) is 4. The molecule has 0 saturated heterocycles. The molecule has 0 aliphatic heterocycles. The van der Waals surface area contributed by atoms with Crippen molar-refractivity contribution in [1.29, 1.82) is 0 Å². The highest BCUT2D eigenvalue weighted by Crippen LogP contribution is 2.34. The zero-order valence-electron chi connectivity index (χ0n) is 15.0. The Hall–Kier alpha value is -1.81. The van der Waals surface area contributed by atoms with Crippen LogP contribution in [-0.2, 0) is 26.6 Å². The van der Waals surface area contributed by atoms with Crippen molar-refractivity contribution in [2.45, 2.75) is 35.2 Å². The average Bonchev–Trinajstić information content (AvgIpc) is 3.45. The fourth-order valence-electron chi connectivity index (χ4n) is 2.70. The third-order valence-electron chi connectivity index (χ3n) is 4.45. The number of benzene rings is 2. The molecule has 3 rings (SSSR count). The van der Waals surface area contributed by atoms with E-state index in [9.17, 15) is 21.2 Å². The molecule has 1 aliphatic carbocycles. The van der Waals surface area contributed by atoms with Crippen molar-refractivity contribution < 1.29 is 21.2 Å². The average molecular weight is 413 g/mol. The molecule has 0 heterocycles. The summed E-state index contributed by atoms with van der Waals surface area (Å²) in [5.41, 5.74) is 0.305. The minimum absolute atomic E-state index is 0.0107. The molecular formula is C18H21FN2O4S2. The van der Waals surface area contributed by atoms with E-state index >= 15 is 0 Å². The Morgan fingerprint density at radius 1 is 0.889 bits per heavy atom. The molecule has 0 radical (unpaired) electrons. The van der Waals surface area contributed by atoms with Crippen LogP contribution in [0.5, 0.6) is 0 Å². The standard InChI is InChI=1S/C18H21FN2O4S2/c1-20(2)26(22,23)16-9-11-17(12-10-16)27(24,25)21(15-7-8-15)13-14-5-3-4-6-18(14)19/h3-6,9-12,15H,7-8,13H2,1-2H3. The number of nitrogens with zero attached hydrogens (tertiary/aromatic N) is 2. The molecule has 1 saturated carbocycles. The second-order valence-corrected chi connectivity index (χ2v) is 10.7. The van der Waals surface area contributed by atoms with Gasteiger partial charge < -0.3 is 0 Å². The number of sulfonamides is 2. The van der Waals surface area contributed by atoms with Gasteiger partial charge in [0.2, 0.25) is 20.0 Å². The molecule has 1 aliphatic rings. The van der Waals surface area contributed by atoms with Crippen molar-refractivity contribution in [3.05, 3.63) is 59.9 Å². The predicted octanol–water partition coefficient (Wildman–Crippen LogP) is 2.43. The molecule has 0 amide bonds. The van der Waals surface area contributed by atoms with E-state index < -0.39 is 25.9 Å². The molecule has 0 atom stereocenters. The van der Waals surface area contributed by atoms with Crippen molar-refractivity contribution in [3.8, 4) is 0 Å². The molecule has 2 aromatic carbocycles. The lowest BCUT2D eigenvalue weighted by molar-refractivity contribution is 0.391. The maximum absolute atomic E-state index is 14.0. The number of halogens is 1. The van der Waals surface area contributed by atoms with Gasteiger partial charge in [-0.05, 0) is 43.2 Å². The SMILES string of the molecule is CN(C)S(=O)(=O)c1ccc(S(=O)(=O)N(Cc2ccccc2F)C2CC2)cc1. The summed E-state index contributed by atoms with van der Waals surface area (Å²) >= 11 is 0. The van der Waals surface area contributed by atoms with Crippen LogP contribution in [0.2, 0.25) is 0 Å². The summed E-state index contributed by atoms with van der Waals surface area (Å²) in [6, 6.07) is 11.0. The van der Waals surface area contributed by atoms with Crippen LogP contribution in [0.3, 0.4) is 0 Å². The Kier molecular flexibility index (Phi) is 5.40. The third kappa shape index (κ3) is 4.06. The first-order valence-electron chi connectivity index (χ1n) is 8.42. The van der Waals surface area contributed by atoms with Gasteiger partial charge in [-0.2, -0.15) is 4.31 Å². The topological polar surface area (TPSA) is 74.8 Å². The van der Waals surface area contributed by atoms with Crippen LogP contribution in [0.25, 0.3) is 0 Å². The summed E-state index contributed by atoms with van der Waals surface area (Å²) < 4.78 is 66.8. The van der Waals surface area contributed by atoms with Gasteiger partial charge in [0.1, 0.15) is 5.82 Å². The minimum Gasteiger partial charge on any atom is -0.207 e. The van der Waals surface area contributed by atoms with E-state index in [2.05, 4.69) is 0 Å². The van der Waals surface area contributed by atoms with Crippen molar-refractivity contribution in [3.63, 3.8) is 0 Å². The molecule has 0 unspecified atom stereocenters. The maximum Gasteiger partial charge on any atom is 0.243 e. The number of hydrogen-bond donors (Lipinski definition) is 0. The van der Waals surface area contributed by atoms with Crippen LogP contribution in [0, 0.1) is 5.82 Å². The van der Waals surface area contributed by atoms with Gasteiger partial charge in [0, 0.05) is 32.2 Å². The highest BCUT2D eigenvalue weighted by Gasteiger charge is 2.38. The van der Waals surface area contributed by atoms with E-state index in [1.54, 1.807) is 18.2 Å². The van der Waals surface area contributed by atoms with E-state index in [1.807, 2.05) is 0 Å². The quantitative estimate of drug-likeness (QED) is 0.700. The third-order valence-corrected chi connectivity index (χ3v) is 8.19. The Morgan fingerprint density at radius 3 is 1.89 bits per heavy atom. The maximum atomic E-state index is 14.0. The number of rotatable bonds is 7. The summed E-state index contributed by atoms with van der Waals surface area (Å²) in [7, 11) is -4.71. The van der Waals surface area contributed by atoms with Crippen molar-refractivity contribution >= 4 is 20.0 Å². The summed E-state index contributed by atoms with van der Waals surface area (Å²) in [6.45, 7) is -0.0581. The van der Waals surface area contributed by atoms with Gasteiger partial charge in [0.05, 0.1) is 9.79 Å². The predicted molar refractivity (Wildman–Crippen MR) is 99.5 cm³/mol. The monoisotopic (exact) mass is 412 g/mol. The van der Waals surface area contributed by atoms with Gasteiger partial charge >= 0.3 is 0 Å². The van der Waals surface area contributed by atoms with Gasteiger partial charge in [0.25, 0.3) is 0 Å². The summed E-state index contributed by atoms with van der Waals surface area (Å²) in [5.74, 6) is -0.453. The zero-order valence-corrected chi connectivity index (χ0v) is 16.7. The molecule has 0 bridgehead atoms. The second-order valence-electron chi connectivity index (χ2n) is 6.63. The molecule has 9 heteroatoms. The highest BCUT2D eigenvalue weighted by molar-refractivity contribution is 7.89. The largest absolute Gasteiger partial charge is 0.243 e. The van der Waals surface area contributed by atoms with E-state index in [4.69, 9.17) is 0 Å². The summed E-state index contributed by atoms with van der Waals surface area (Å²) in [6.07, 6.45) is 1.45. The Labute approximate surface area is 159 Å². The van der Waals surface area contributed by atoms with E-state index in [-0.39, 0.29) is 22.4 Å². The lowest BCUT2D eigenvalue weighted by Gasteiger charge is -2.22. The van der Waals surface area contributed by atoms with E-state index in [0.29, 0.717) is 5.56 Å². The Morgan fingerprint density at radius 2 is 1.41 bits per heavy atom. The molecule has 0 spiro atoms. The van der Waals surface area contributed by atoms with Gasteiger partial charge in [-0.3, -0.25) is 0 Å². The first kappa shape index (κ1) is 19.9. The molecule has 0 N–H and O–H groups in total. The van der Waals surface area contributed by atoms with Gasteiger partial charge in [-0.15, -0.1) is 0 Å². The highest BCUT2D eigenvalue weighted by atomic mass is 32.2. The fraction of sp³-hybridized carbons (Fsp3) is 0.333. The van der Waals surface area contributed by atoms with Crippen LogP contribution in [0.1, 0.15) is 18.4 Å². The van der Waals surface area contributed by atoms with Crippen molar-refractivity contribution in [2.24, 2.45) is 0 Å². The fourth-order valence-corrected chi connectivity index (χ4v) is 5.26. The van der Waals surface area contributed by atoms with Crippen LogP contribution < -0.4 is 0 Å². The summed E-state index contributed by atoms with van der Waals surface area (Å²) in [5, 5.41) is 0. The Bertz CT molecular complexity index is 1030. The lowest BCUT2D eigenvalue weighted by atomic mass is 10.2. The van der Waals surface area contributed by atoms with Gasteiger partial charge in [-0.25, -0.2) is 25.5 Å². The van der Waals surface area contributed by atoms with E-state index in [1.165, 1.54) is 48.7 Å².